The molecule has 23 heavy (non-hydrogen) atoms. The van der Waals surface area contributed by atoms with Gasteiger partial charge in [0.2, 0.25) is 0 Å². The summed E-state index contributed by atoms with van der Waals surface area (Å²) in [4.78, 5) is 26.6. The average molecular weight is 314 g/mol. The maximum Gasteiger partial charge on any atom is 0.253 e. The number of halogens is 1. The fourth-order valence-corrected chi connectivity index (χ4v) is 2.40. The number of hydrogen-bond donors (Lipinski definition) is 0. The van der Waals surface area contributed by atoms with Crippen LogP contribution in [0.15, 0.2) is 34.2 Å². The zero-order valence-corrected chi connectivity index (χ0v) is 13.0. The number of azide groups is 1. The molecule has 1 aromatic heterocycles. The minimum atomic E-state index is -0.797. The predicted octanol–water partition coefficient (Wildman–Crippen LogP) is 3.18. The molecule has 1 aromatic carbocycles. The molecule has 118 valence electrons. The van der Waals surface area contributed by atoms with Crippen LogP contribution in [-0.2, 0) is 13.5 Å². The van der Waals surface area contributed by atoms with Gasteiger partial charge in [0.25, 0.3) is 11.5 Å². The van der Waals surface area contributed by atoms with Gasteiger partial charge in [-0.1, -0.05) is 12.1 Å². The van der Waals surface area contributed by atoms with Gasteiger partial charge in [-0.05, 0) is 47.8 Å². The second-order valence-corrected chi connectivity index (χ2v) is 5.32. The van der Waals surface area contributed by atoms with E-state index in [1.165, 1.54) is 23.7 Å². The number of rotatable bonds is 3. The Bertz CT molecular complexity index is 896. The summed E-state index contributed by atoms with van der Waals surface area (Å²) < 4.78 is 15.4. The molecular weight excluding hydrogens is 299 g/mol. The molecule has 0 bridgehead atoms. The minimum absolute atomic E-state index is 0.0418. The molecule has 0 unspecified atom stereocenters. The number of hydrogen-bond acceptors (Lipinski definition) is 2. The highest BCUT2D eigenvalue weighted by atomic mass is 19.1. The molecule has 0 aliphatic rings. The number of pyridine rings is 1. The highest BCUT2D eigenvalue weighted by Crippen LogP contribution is 2.18. The molecule has 0 atom stereocenters. The normalized spacial score (nSPS) is 10.3. The maximum absolute atomic E-state index is 14.1. The number of carbonyl (C=O) groups excluding carboxylic acids is 1. The van der Waals surface area contributed by atoms with Gasteiger partial charge in [-0.3, -0.25) is 9.59 Å². The van der Waals surface area contributed by atoms with Gasteiger partial charge in [0.15, 0.2) is 0 Å². The van der Waals surface area contributed by atoms with Crippen LogP contribution in [-0.4, -0.2) is 10.5 Å². The van der Waals surface area contributed by atoms with Crippen LogP contribution in [0.1, 0.15) is 32.7 Å². The van der Waals surface area contributed by atoms with E-state index in [0.717, 1.165) is 5.56 Å². The fourth-order valence-electron chi connectivity index (χ4n) is 2.40. The van der Waals surface area contributed by atoms with Crippen molar-refractivity contribution >= 4 is 5.91 Å². The number of benzene rings is 1. The predicted molar refractivity (Wildman–Crippen MR) is 83.8 cm³/mol. The summed E-state index contributed by atoms with van der Waals surface area (Å²) in [7, 11) is 1.50. The molecule has 0 radical (unpaired) electrons. The van der Waals surface area contributed by atoms with Crippen LogP contribution in [0.2, 0.25) is 0 Å². The lowest BCUT2D eigenvalue weighted by Crippen LogP contribution is -2.25. The van der Waals surface area contributed by atoms with E-state index >= 15 is 0 Å². The first-order chi connectivity index (χ1) is 10.8. The van der Waals surface area contributed by atoms with E-state index in [2.05, 4.69) is 10.0 Å². The molecule has 2 rings (SSSR count). The summed E-state index contributed by atoms with van der Waals surface area (Å²) >= 11 is 0. The smallest absolute Gasteiger partial charge is 0.253 e. The van der Waals surface area contributed by atoms with E-state index in [-0.39, 0.29) is 17.5 Å². The van der Waals surface area contributed by atoms with E-state index in [4.69, 9.17) is 5.53 Å². The molecule has 1 heterocycles. The third-order valence-corrected chi connectivity index (χ3v) is 3.65. The molecule has 0 aliphatic carbocycles. The largest absolute Gasteiger partial charge is 0.314 e. The molecule has 2 aromatic rings. The summed E-state index contributed by atoms with van der Waals surface area (Å²) in [6.07, 6.45) is 0.0418. The number of carbonyl (C=O) groups is 1. The first-order valence-electron chi connectivity index (χ1n) is 6.89. The van der Waals surface area contributed by atoms with Crippen LogP contribution in [0, 0.1) is 19.7 Å². The van der Waals surface area contributed by atoms with Crippen molar-refractivity contribution in [2.24, 2.45) is 12.2 Å². The zero-order valence-electron chi connectivity index (χ0n) is 13.0. The fraction of sp³-hybridized carbons (Fsp3) is 0.250. The lowest BCUT2D eigenvalue weighted by atomic mass is 10.0. The SMILES string of the molecule is Cc1ccc(Cc2c(C(=O)N=[N+]=[N-])cc(C)c(=O)n2C)c(F)c1. The quantitative estimate of drug-likeness (QED) is 0.495. The van der Waals surface area contributed by atoms with Crippen molar-refractivity contribution in [3.8, 4) is 0 Å². The Hall–Kier alpha value is -2.92. The number of amides is 1. The van der Waals surface area contributed by atoms with Gasteiger partial charge in [0.05, 0.1) is 0 Å². The van der Waals surface area contributed by atoms with E-state index in [9.17, 15) is 14.0 Å². The summed E-state index contributed by atoms with van der Waals surface area (Å²) in [6, 6.07) is 6.12. The molecule has 0 spiro atoms. The Kier molecular flexibility index (Phi) is 4.62. The molecule has 6 nitrogen and oxygen atoms in total. The lowest BCUT2D eigenvalue weighted by molar-refractivity contribution is 0.0998. The summed E-state index contributed by atoms with van der Waals surface area (Å²) in [6.45, 7) is 3.33. The van der Waals surface area contributed by atoms with E-state index in [0.29, 0.717) is 16.8 Å². The van der Waals surface area contributed by atoms with Gasteiger partial charge in [0.1, 0.15) is 5.82 Å². The summed E-state index contributed by atoms with van der Waals surface area (Å²) in [5, 5.41) is 3.08. The topological polar surface area (TPSA) is 87.8 Å². The Morgan fingerprint density at radius 1 is 1.35 bits per heavy atom. The molecule has 0 aliphatic heterocycles. The third kappa shape index (κ3) is 3.30. The number of aromatic nitrogens is 1. The lowest BCUT2D eigenvalue weighted by Gasteiger charge is -2.14. The molecular formula is C16H15FN4O2. The number of nitrogens with zero attached hydrogens (tertiary/aromatic N) is 4. The maximum atomic E-state index is 14.1. The molecule has 1 amide bonds. The van der Waals surface area contributed by atoms with E-state index in [1.54, 1.807) is 26.0 Å². The molecule has 0 fully saturated rings. The standard InChI is InChI=1S/C16H15FN4O2/c1-9-4-5-11(13(17)6-9)8-14-12(15(22)19-20-18)7-10(2)16(23)21(14)3/h4-7H,8H2,1-3H3. The first-order valence-corrected chi connectivity index (χ1v) is 6.89. The van der Waals surface area contributed by atoms with Gasteiger partial charge < -0.3 is 4.57 Å². The van der Waals surface area contributed by atoms with Gasteiger partial charge in [-0.25, -0.2) is 4.39 Å². The minimum Gasteiger partial charge on any atom is -0.314 e. The monoisotopic (exact) mass is 314 g/mol. The van der Waals surface area contributed by atoms with Gasteiger partial charge >= 0.3 is 0 Å². The van der Waals surface area contributed by atoms with Crippen molar-refractivity contribution < 1.29 is 9.18 Å². The Morgan fingerprint density at radius 3 is 2.65 bits per heavy atom. The van der Waals surface area contributed by atoms with Crippen LogP contribution >= 0.6 is 0 Å². The average Bonchev–Trinajstić information content (AvgIpc) is 2.50. The van der Waals surface area contributed by atoms with Gasteiger partial charge in [0, 0.05) is 35.2 Å². The van der Waals surface area contributed by atoms with E-state index < -0.39 is 11.7 Å². The van der Waals surface area contributed by atoms with Crippen LogP contribution in [0.4, 0.5) is 4.39 Å². The Morgan fingerprint density at radius 2 is 2.04 bits per heavy atom. The zero-order chi connectivity index (χ0) is 17.1. The van der Waals surface area contributed by atoms with Crippen molar-refractivity contribution in [1.29, 1.82) is 0 Å². The van der Waals surface area contributed by atoms with Crippen molar-refractivity contribution in [3.05, 3.63) is 78.8 Å². The highest BCUT2D eigenvalue weighted by Gasteiger charge is 2.17. The molecule has 7 heteroatoms. The Balaban J connectivity index is 2.64. The number of aryl methyl sites for hydroxylation is 2. The second kappa shape index (κ2) is 6.46. The van der Waals surface area contributed by atoms with Gasteiger partial charge in [-0.2, -0.15) is 0 Å². The molecule has 0 saturated heterocycles. The van der Waals surface area contributed by atoms with Crippen molar-refractivity contribution in [2.45, 2.75) is 20.3 Å². The third-order valence-electron chi connectivity index (χ3n) is 3.65. The molecule has 0 saturated carbocycles. The highest BCUT2D eigenvalue weighted by molar-refractivity contribution is 5.96. The van der Waals surface area contributed by atoms with Crippen LogP contribution in [0.3, 0.4) is 0 Å². The van der Waals surface area contributed by atoms with Gasteiger partial charge in [-0.15, -0.1) is 0 Å². The first kappa shape index (κ1) is 16.5. The summed E-state index contributed by atoms with van der Waals surface area (Å²) in [5.74, 6) is -1.21. The van der Waals surface area contributed by atoms with Crippen LogP contribution in [0.5, 0.6) is 0 Å². The van der Waals surface area contributed by atoms with Crippen molar-refractivity contribution in [2.75, 3.05) is 0 Å². The van der Waals surface area contributed by atoms with E-state index in [1.807, 2.05) is 0 Å². The Labute approximate surface area is 131 Å². The summed E-state index contributed by atoms with van der Waals surface area (Å²) in [5.41, 5.74) is 10.0. The van der Waals surface area contributed by atoms with Crippen molar-refractivity contribution in [3.63, 3.8) is 0 Å². The van der Waals surface area contributed by atoms with Crippen LogP contribution < -0.4 is 5.56 Å². The van der Waals surface area contributed by atoms with Crippen LogP contribution in [0.25, 0.3) is 10.4 Å². The van der Waals surface area contributed by atoms with Crippen molar-refractivity contribution in [1.82, 2.24) is 4.57 Å². The molecule has 0 N–H and O–H groups in total. The second-order valence-electron chi connectivity index (χ2n) is 5.32.